The largest absolute Gasteiger partial charge is 0.490 e. The van der Waals surface area contributed by atoms with Gasteiger partial charge in [0.2, 0.25) is 0 Å². The molecule has 4 nitrogen and oxygen atoms in total. The standard InChI is InChI=1S/C22H31Cl4NO3/c1-16(15-22(2,3)4)27-30-11-8-6-5-7-10-29-21-18(23)13-17(14-19(21)24)28-12-9-20(25)26/h9,13-14H,5-8,10-12,15H2,1-4H3. The van der Waals surface area contributed by atoms with Crippen LogP contribution in [-0.2, 0) is 4.84 Å². The summed E-state index contributed by atoms with van der Waals surface area (Å²) in [6.07, 6.45) is 6.39. The predicted octanol–water partition coefficient (Wildman–Crippen LogP) is 8.46. The van der Waals surface area contributed by atoms with Gasteiger partial charge >= 0.3 is 0 Å². The Labute approximate surface area is 200 Å². The van der Waals surface area contributed by atoms with Crippen LogP contribution < -0.4 is 9.47 Å². The average molecular weight is 499 g/mol. The van der Waals surface area contributed by atoms with Crippen molar-refractivity contribution in [3.63, 3.8) is 0 Å². The average Bonchev–Trinajstić information content (AvgIpc) is 2.60. The molecular formula is C22H31Cl4NO3. The number of oxime groups is 1. The van der Waals surface area contributed by atoms with Crippen molar-refractivity contribution in [3.8, 4) is 11.5 Å². The maximum absolute atomic E-state index is 6.25. The lowest BCUT2D eigenvalue weighted by Gasteiger charge is -2.16. The van der Waals surface area contributed by atoms with Crippen molar-refractivity contribution in [2.24, 2.45) is 10.6 Å². The molecule has 0 aliphatic rings. The van der Waals surface area contributed by atoms with E-state index in [1.165, 1.54) is 6.08 Å². The van der Waals surface area contributed by atoms with E-state index in [1.807, 2.05) is 6.92 Å². The second-order valence-corrected chi connectivity index (χ2v) is 10.0. The van der Waals surface area contributed by atoms with Gasteiger partial charge in [0.25, 0.3) is 0 Å². The molecule has 0 aliphatic carbocycles. The zero-order valence-corrected chi connectivity index (χ0v) is 21.1. The van der Waals surface area contributed by atoms with Gasteiger partial charge in [-0.05, 0) is 50.5 Å². The molecule has 1 rings (SSSR count). The smallest absolute Gasteiger partial charge is 0.156 e. The Morgan fingerprint density at radius 1 is 0.967 bits per heavy atom. The van der Waals surface area contributed by atoms with Crippen LogP contribution in [0.3, 0.4) is 0 Å². The third-order valence-corrected chi connectivity index (χ3v) is 4.71. The van der Waals surface area contributed by atoms with Crippen molar-refractivity contribution in [2.75, 3.05) is 19.8 Å². The summed E-state index contributed by atoms with van der Waals surface area (Å²) in [6.45, 7) is 9.96. The number of rotatable bonds is 13. The molecule has 0 aliphatic heterocycles. The van der Waals surface area contributed by atoms with Crippen molar-refractivity contribution in [2.45, 2.75) is 59.8 Å². The Morgan fingerprint density at radius 2 is 1.57 bits per heavy atom. The molecule has 0 spiro atoms. The first-order chi connectivity index (χ1) is 14.1. The fraction of sp³-hybridized carbons (Fsp3) is 0.591. The highest BCUT2D eigenvalue weighted by Gasteiger charge is 2.12. The quantitative estimate of drug-likeness (QED) is 0.155. The molecule has 0 unspecified atom stereocenters. The summed E-state index contributed by atoms with van der Waals surface area (Å²) in [5.74, 6) is 0.979. The van der Waals surface area contributed by atoms with E-state index >= 15 is 0 Å². The highest BCUT2D eigenvalue weighted by molar-refractivity contribution is 6.55. The molecule has 0 fully saturated rings. The van der Waals surface area contributed by atoms with Gasteiger partial charge < -0.3 is 14.3 Å². The summed E-state index contributed by atoms with van der Waals surface area (Å²) in [6, 6.07) is 3.30. The molecule has 1 aromatic carbocycles. The monoisotopic (exact) mass is 497 g/mol. The lowest BCUT2D eigenvalue weighted by atomic mass is 9.90. The van der Waals surface area contributed by atoms with E-state index < -0.39 is 0 Å². The molecule has 0 N–H and O–H groups in total. The van der Waals surface area contributed by atoms with Gasteiger partial charge in [0.1, 0.15) is 23.5 Å². The van der Waals surface area contributed by atoms with Gasteiger partial charge in [0.15, 0.2) is 5.75 Å². The van der Waals surface area contributed by atoms with Crippen molar-refractivity contribution in [1.29, 1.82) is 0 Å². The summed E-state index contributed by atoms with van der Waals surface area (Å²) in [7, 11) is 0. The van der Waals surface area contributed by atoms with Crippen LogP contribution in [0.5, 0.6) is 11.5 Å². The lowest BCUT2D eigenvalue weighted by molar-refractivity contribution is 0.137. The first-order valence-corrected chi connectivity index (χ1v) is 11.5. The molecule has 0 saturated heterocycles. The molecular weight excluding hydrogens is 468 g/mol. The van der Waals surface area contributed by atoms with Gasteiger partial charge in [0, 0.05) is 12.1 Å². The number of hydrogen-bond donors (Lipinski definition) is 0. The van der Waals surface area contributed by atoms with Crippen LogP contribution in [0.1, 0.15) is 59.8 Å². The summed E-state index contributed by atoms with van der Waals surface area (Å²) in [5.41, 5.74) is 1.26. The molecule has 1 aromatic rings. The number of benzene rings is 1. The van der Waals surface area contributed by atoms with Crippen LogP contribution >= 0.6 is 46.4 Å². The number of nitrogens with zero attached hydrogens (tertiary/aromatic N) is 1. The second kappa shape index (κ2) is 14.3. The normalized spacial score (nSPS) is 11.9. The van der Waals surface area contributed by atoms with Crippen molar-refractivity contribution in [3.05, 3.63) is 32.7 Å². The SMILES string of the molecule is CC(CC(C)(C)C)=NOCCCCCCOc1c(Cl)cc(OCC=C(Cl)Cl)cc1Cl. The van der Waals surface area contributed by atoms with Crippen LogP contribution in [0.15, 0.2) is 27.9 Å². The van der Waals surface area contributed by atoms with Crippen molar-refractivity contribution in [1.82, 2.24) is 0 Å². The van der Waals surface area contributed by atoms with Gasteiger partial charge in [-0.25, -0.2) is 0 Å². The highest BCUT2D eigenvalue weighted by atomic mass is 35.5. The minimum atomic E-state index is 0.141. The Hall–Kier alpha value is -0.810. The van der Waals surface area contributed by atoms with E-state index in [-0.39, 0.29) is 16.5 Å². The van der Waals surface area contributed by atoms with Gasteiger partial charge in [-0.1, -0.05) is 72.3 Å². The molecule has 0 radical (unpaired) electrons. The van der Waals surface area contributed by atoms with Gasteiger partial charge in [-0.3, -0.25) is 0 Å². The first-order valence-electron chi connectivity index (χ1n) is 10.00. The van der Waals surface area contributed by atoms with E-state index in [2.05, 4.69) is 25.9 Å². The molecule has 0 heterocycles. The fourth-order valence-corrected chi connectivity index (χ4v) is 3.41. The zero-order valence-electron chi connectivity index (χ0n) is 18.1. The molecule has 0 saturated carbocycles. The van der Waals surface area contributed by atoms with Crippen LogP contribution in [0.4, 0.5) is 0 Å². The first kappa shape index (κ1) is 27.2. The molecule has 0 bridgehead atoms. The molecule has 8 heteroatoms. The van der Waals surface area contributed by atoms with Gasteiger partial charge in [0.05, 0.1) is 22.4 Å². The zero-order chi connectivity index (χ0) is 22.6. The summed E-state index contributed by atoms with van der Waals surface area (Å²) in [5, 5.41) is 4.97. The van der Waals surface area contributed by atoms with E-state index in [0.717, 1.165) is 37.8 Å². The van der Waals surface area contributed by atoms with E-state index in [4.69, 9.17) is 60.7 Å². The summed E-state index contributed by atoms with van der Waals surface area (Å²) >= 11 is 23.6. The van der Waals surface area contributed by atoms with E-state index in [9.17, 15) is 0 Å². The molecule has 0 amide bonds. The minimum absolute atomic E-state index is 0.141. The molecule has 30 heavy (non-hydrogen) atoms. The van der Waals surface area contributed by atoms with Crippen LogP contribution in [0, 0.1) is 5.41 Å². The number of halogens is 4. The van der Waals surface area contributed by atoms with Crippen molar-refractivity contribution < 1.29 is 14.3 Å². The summed E-state index contributed by atoms with van der Waals surface area (Å²) < 4.78 is 11.4. The molecule has 0 aromatic heterocycles. The third kappa shape index (κ3) is 12.8. The second-order valence-electron chi connectivity index (χ2n) is 8.18. The van der Waals surface area contributed by atoms with Crippen LogP contribution in [-0.4, -0.2) is 25.5 Å². The Balaban J connectivity index is 2.24. The minimum Gasteiger partial charge on any atom is -0.490 e. The lowest BCUT2D eigenvalue weighted by Crippen LogP contribution is -2.10. The fourth-order valence-electron chi connectivity index (χ4n) is 2.71. The topological polar surface area (TPSA) is 40.0 Å². The number of hydrogen-bond acceptors (Lipinski definition) is 4. The maximum atomic E-state index is 6.25. The Bertz CT molecular complexity index is 688. The Kier molecular flexibility index (Phi) is 13.0. The van der Waals surface area contributed by atoms with Gasteiger partial charge in [-0.2, -0.15) is 0 Å². The van der Waals surface area contributed by atoms with Crippen molar-refractivity contribution >= 4 is 52.1 Å². The van der Waals surface area contributed by atoms with Gasteiger partial charge in [-0.15, -0.1) is 0 Å². The van der Waals surface area contributed by atoms with Crippen LogP contribution in [0.25, 0.3) is 0 Å². The number of unbranched alkanes of at least 4 members (excludes halogenated alkanes) is 3. The van der Waals surface area contributed by atoms with Crippen LogP contribution in [0.2, 0.25) is 10.0 Å². The molecule has 170 valence electrons. The Morgan fingerprint density at radius 3 is 2.13 bits per heavy atom. The predicted molar refractivity (Wildman–Crippen MR) is 129 cm³/mol. The molecule has 0 atom stereocenters. The maximum Gasteiger partial charge on any atom is 0.156 e. The highest BCUT2D eigenvalue weighted by Crippen LogP contribution is 2.37. The van der Waals surface area contributed by atoms with E-state index in [0.29, 0.717) is 34.8 Å². The van der Waals surface area contributed by atoms with E-state index in [1.54, 1.807) is 12.1 Å². The summed E-state index contributed by atoms with van der Waals surface area (Å²) in [4.78, 5) is 5.39. The number of ether oxygens (including phenoxy) is 2. The third-order valence-electron chi connectivity index (χ3n) is 3.84.